The molecule has 0 aliphatic heterocycles. The van der Waals surface area contributed by atoms with Gasteiger partial charge < -0.3 is 4.90 Å². The molecule has 16 heavy (non-hydrogen) atoms. The minimum atomic E-state index is 0.0435. The molecule has 0 atom stereocenters. The highest BCUT2D eigenvalue weighted by Crippen LogP contribution is 2.20. The maximum atomic E-state index is 12.2. The van der Waals surface area contributed by atoms with E-state index in [-0.39, 0.29) is 5.91 Å². The number of benzene rings is 1. The predicted octanol–water partition coefficient (Wildman–Crippen LogP) is 3.51. The number of amides is 1. The van der Waals surface area contributed by atoms with Crippen molar-refractivity contribution in [3.63, 3.8) is 0 Å². The summed E-state index contributed by atoms with van der Waals surface area (Å²) >= 11 is 9.35. The van der Waals surface area contributed by atoms with Crippen molar-refractivity contribution in [1.29, 1.82) is 0 Å². The van der Waals surface area contributed by atoms with Gasteiger partial charge >= 0.3 is 0 Å². The van der Waals surface area contributed by atoms with E-state index in [0.717, 1.165) is 10.9 Å². The van der Waals surface area contributed by atoms with Crippen LogP contribution in [0.15, 0.2) is 18.2 Å². The van der Waals surface area contributed by atoms with Gasteiger partial charge in [-0.05, 0) is 31.5 Å². The van der Waals surface area contributed by atoms with Crippen molar-refractivity contribution >= 4 is 33.4 Å². The Labute approximate surface area is 110 Å². The summed E-state index contributed by atoms with van der Waals surface area (Å²) in [5, 5.41) is 1.42. The molecule has 1 rings (SSSR count). The highest BCUT2D eigenvalue weighted by Gasteiger charge is 2.16. The Balaban J connectivity index is 2.99. The van der Waals surface area contributed by atoms with E-state index in [4.69, 9.17) is 11.6 Å². The van der Waals surface area contributed by atoms with Crippen LogP contribution >= 0.6 is 27.5 Å². The number of nitrogens with zero attached hydrogens (tertiary/aromatic N) is 1. The summed E-state index contributed by atoms with van der Waals surface area (Å²) in [6.45, 7) is 5.26. The lowest BCUT2D eigenvalue weighted by Gasteiger charge is -2.20. The maximum absolute atomic E-state index is 12.2. The molecular formula is C12H15BrClNO. The van der Waals surface area contributed by atoms with Crippen LogP contribution in [0.25, 0.3) is 0 Å². The van der Waals surface area contributed by atoms with Gasteiger partial charge in [-0.25, -0.2) is 0 Å². The molecule has 0 fully saturated rings. The van der Waals surface area contributed by atoms with E-state index in [0.29, 0.717) is 23.7 Å². The fourth-order valence-corrected chi connectivity index (χ4v) is 2.12. The molecule has 0 aromatic heterocycles. The summed E-state index contributed by atoms with van der Waals surface area (Å²) in [5.41, 5.74) is 1.54. The summed E-state index contributed by atoms with van der Waals surface area (Å²) in [6.07, 6.45) is 0. The number of halogens is 2. The molecular weight excluding hydrogens is 289 g/mol. The quantitative estimate of drug-likeness (QED) is 0.780. The van der Waals surface area contributed by atoms with Crippen LogP contribution in [0.1, 0.15) is 22.8 Å². The third kappa shape index (κ3) is 2.98. The van der Waals surface area contributed by atoms with E-state index in [1.165, 1.54) is 0 Å². The normalized spacial score (nSPS) is 10.2. The number of carbonyl (C=O) groups excluding carboxylic acids is 1. The molecule has 0 N–H and O–H groups in total. The molecule has 0 aliphatic rings. The van der Waals surface area contributed by atoms with Crippen molar-refractivity contribution in [2.45, 2.75) is 13.8 Å². The number of hydrogen-bond acceptors (Lipinski definition) is 1. The Kier molecular flexibility index (Phi) is 5.29. The van der Waals surface area contributed by atoms with Crippen LogP contribution in [0.5, 0.6) is 0 Å². The second-order valence-electron chi connectivity index (χ2n) is 3.49. The summed E-state index contributed by atoms with van der Waals surface area (Å²) in [4.78, 5) is 14.0. The van der Waals surface area contributed by atoms with Gasteiger partial charge in [0, 0.05) is 29.0 Å². The maximum Gasteiger partial charge on any atom is 0.254 e. The molecule has 0 radical (unpaired) electrons. The Morgan fingerprint density at radius 2 is 2.19 bits per heavy atom. The number of hydrogen-bond donors (Lipinski definition) is 0. The first kappa shape index (κ1) is 13.5. The molecule has 88 valence electrons. The Morgan fingerprint density at radius 3 is 2.75 bits per heavy atom. The van der Waals surface area contributed by atoms with Crippen LogP contribution in [0.4, 0.5) is 0 Å². The highest BCUT2D eigenvalue weighted by atomic mass is 79.9. The minimum absolute atomic E-state index is 0.0435. The molecule has 2 nitrogen and oxygen atoms in total. The standard InChI is InChI=1S/C12H15BrClNO/c1-3-15(8-7-13)12(16)10-5-4-6-11(14)9(10)2/h4-6H,3,7-8H2,1-2H3. The molecule has 1 aromatic carbocycles. The molecule has 0 unspecified atom stereocenters. The van der Waals surface area contributed by atoms with Crippen molar-refractivity contribution in [2.75, 3.05) is 18.4 Å². The fourth-order valence-electron chi connectivity index (χ4n) is 1.51. The van der Waals surface area contributed by atoms with Crippen molar-refractivity contribution in [3.8, 4) is 0 Å². The van der Waals surface area contributed by atoms with E-state index in [1.54, 1.807) is 11.0 Å². The monoisotopic (exact) mass is 303 g/mol. The largest absolute Gasteiger partial charge is 0.338 e. The lowest BCUT2D eigenvalue weighted by Crippen LogP contribution is -2.32. The van der Waals surface area contributed by atoms with Gasteiger partial charge in [0.15, 0.2) is 0 Å². The van der Waals surface area contributed by atoms with Gasteiger partial charge in [0.05, 0.1) is 0 Å². The first-order chi connectivity index (χ1) is 7.61. The van der Waals surface area contributed by atoms with E-state index >= 15 is 0 Å². The van der Waals surface area contributed by atoms with Crippen LogP contribution < -0.4 is 0 Å². The van der Waals surface area contributed by atoms with Crippen LogP contribution in [0.2, 0.25) is 5.02 Å². The zero-order valence-electron chi connectivity index (χ0n) is 9.46. The number of carbonyl (C=O) groups is 1. The zero-order chi connectivity index (χ0) is 12.1. The van der Waals surface area contributed by atoms with Crippen LogP contribution in [0.3, 0.4) is 0 Å². The second kappa shape index (κ2) is 6.26. The van der Waals surface area contributed by atoms with Gasteiger partial charge in [0.25, 0.3) is 5.91 Å². The van der Waals surface area contributed by atoms with Gasteiger partial charge in [0.2, 0.25) is 0 Å². The number of alkyl halides is 1. The minimum Gasteiger partial charge on any atom is -0.338 e. The Hall–Kier alpha value is -0.540. The zero-order valence-corrected chi connectivity index (χ0v) is 11.8. The average Bonchev–Trinajstić information content (AvgIpc) is 2.29. The molecule has 1 aromatic rings. The highest BCUT2D eigenvalue weighted by molar-refractivity contribution is 9.09. The van der Waals surface area contributed by atoms with Gasteiger partial charge in [-0.3, -0.25) is 4.79 Å². The van der Waals surface area contributed by atoms with Crippen molar-refractivity contribution in [1.82, 2.24) is 4.90 Å². The van der Waals surface area contributed by atoms with Gasteiger partial charge in [-0.2, -0.15) is 0 Å². The molecule has 0 saturated heterocycles. The lowest BCUT2D eigenvalue weighted by molar-refractivity contribution is 0.0774. The third-order valence-corrected chi connectivity index (χ3v) is 3.29. The molecule has 1 amide bonds. The number of rotatable bonds is 4. The fraction of sp³-hybridized carbons (Fsp3) is 0.417. The molecule has 0 bridgehead atoms. The molecule has 0 aliphatic carbocycles. The summed E-state index contributed by atoms with van der Waals surface area (Å²) in [5.74, 6) is 0.0435. The first-order valence-electron chi connectivity index (χ1n) is 5.22. The van der Waals surface area contributed by atoms with E-state index in [1.807, 2.05) is 26.0 Å². The van der Waals surface area contributed by atoms with Crippen molar-refractivity contribution < 1.29 is 4.79 Å². The van der Waals surface area contributed by atoms with Crippen molar-refractivity contribution in [3.05, 3.63) is 34.3 Å². The third-order valence-electron chi connectivity index (χ3n) is 2.52. The second-order valence-corrected chi connectivity index (χ2v) is 4.69. The van der Waals surface area contributed by atoms with Crippen LogP contribution in [-0.2, 0) is 0 Å². The van der Waals surface area contributed by atoms with Crippen molar-refractivity contribution in [2.24, 2.45) is 0 Å². The topological polar surface area (TPSA) is 20.3 Å². The smallest absolute Gasteiger partial charge is 0.254 e. The van der Waals surface area contributed by atoms with Gasteiger partial charge in [-0.15, -0.1) is 0 Å². The van der Waals surface area contributed by atoms with E-state index in [9.17, 15) is 4.79 Å². The van der Waals surface area contributed by atoms with E-state index < -0.39 is 0 Å². The Morgan fingerprint density at radius 1 is 1.50 bits per heavy atom. The summed E-state index contributed by atoms with van der Waals surface area (Å²) in [7, 11) is 0. The summed E-state index contributed by atoms with van der Waals surface area (Å²) < 4.78 is 0. The van der Waals surface area contributed by atoms with Crippen LogP contribution in [-0.4, -0.2) is 29.2 Å². The van der Waals surface area contributed by atoms with Gasteiger partial charge in [0.1, 0.15) is 0 Å². The molecule has 4 heteroatoms. The molecule has 0 heterocycles. The van der Waals surface area contributed by atoms with Crippen LogP contribution in [0, 0.1) is 6.92 Å². The predicted molar refractivity (Wildman–Crippen MR) is 71.6 cm³/mol. The lowest BCUT2D eigenvalue weighted by atomic mass is 10.1. The SMILES string of the molecule is CCN(CCBr)C(=O)c1cccc(Cl)c1C. The molecule has 0 saturated carbocycles. The first-order valence-corrected chi connectivity index (χ1v) is 6.72. The Bertz CT molecular complexity index is 381. The average molecular weight is 305 g/mol. The van der Waals surface area contributed by atoms with Gasteiger partial charge in [-0.1, -0.05) is 33.6 Å². The molecule has 0 spiro atoms. The van der Waals surface area contributed by atoms with E-state index in [2.05, 4.69) is 15.9 Å². The summed E-state index contributed by atoms with van der Waals surface area (Å²) in [6, 6.07) is 5.43.